The molecule has 0 aliphatic rings. The van der Waals surface area contributed by atoms with Gasteiger partial charge in [-0.15, -0.1) is 15.0 Å². The Morgan fingerprint density at radius 3 is 0.810 bits per heavy atom. The van der Waals surface area contributed by atoms with Crippen LogP contribution in [0.25, 0.3) is 0 Å². The highest BCUT2D eigenvalue weighted by Gasteiger charge is 2.14. The summed E-state index contributed by atoms with van der Waals surface area (Å²) in [5, 5.41) is 0. The molecule has 0 spiro atoms. The van der Waals surface area contributed by atoms with Crippen molar-refractivity contribution in [3.8, 4) is 69.8 Å². The molecule has 0 atom stereocenters. The molecule has 318 valence electrons. The standard InChI is InChI=1S/C48H42N6O9/c1-55-37-19-22-40(43(25-37)58-4)49-28-31-7-13-34(14-8-31)61-46-52-47(62-35-15-9-32(10-16-35)29-50-41-23-20-38(56-2)26-44(41)59-5)54-48(53-46)63-36-17-11-33(12-18-36)30-51-42-24-21-39(57-3)27-45(42)60-6/h7-30H,1-6H3. The maximum atomic E-state index is 6.10. The van der Waals surface area contributed by atoms with Gasteiger partial charge in [0.05, 0.1) is 42.7 Å². The SMILES string of the molecule is COc1ccc(N=Cc2ccc(Oc3nc(Oc4ccc(C=Nc5ccc(OC)cc5OC)cc4)nc(Oc4ccc(C=Nc5ccc(OC)cc5OC)cc4)n3)cc2)c(OC)c1. The fourth-order valence-electron chi connectivity index (χ4n) is 5.75. The van der Waals surface area contributed by atoms with Crippen LogP contribution in [0.15, 0.2) is 142 Å². The lowest BCUT2D eigenvalue weighted by atomic mass is 10.2. The van der Waals surface area contributed by atoms with Crippen LogP contribution >= 0.6 is 0 Å². The summed E-state index contributed by atoms with van der Waals surface area (Å²) in [5.41, 5.74) is 4.40. The number of rotatable bonds is 18. The molecule has 0 fully saturated rings. The van der Waals surface area contributed by atoms with Crippen molar-refractivity contribution in [2.45, 2.75) is 0 Å². The van der Waals surface area contributed by atoms with Gasteiger partial charge in [-0.3, -0.25) is 15.0 Å². The van der Waals surface area contributed by atoms with Crippen LogP contribution in [0.1, 0.15) is 16.7 Å². The number of benzene rings is 6. The zero-order chi connectivity index (χ0) is 44.0. The second-order valence-corrected chi connectivity index (χ2v) is 13.1. The average molecular weight is 847 g/mol. The van der Waals surface area contributed by atoms with E-state index in [4.69, 9.17) is 42.6 Å². The molecule has 7 aromatic rings. The van der Waals surface area contributed by atoms with Crippen LogP contribution in [0, 0.1) is 0 Å². The van der Waals surface area contributed by atoms with Crippen molar-refractivity contribution in [3.63, 3.8) is 0 Å². The number of nitrogens with zero attached hydrogens (tertiary/aromatic N) is 6. The summed E-state index contributed by atoms with van der Waals surface area (Å²) >= 11 is 0. The van der Waals surface area contributed by atoms with E-state index in [0.29, 0.717) is 68.8 Å². The molecular weight excluding hydrogens is 805 g/mol. The summed E-state index contributed by atoms with van der Waals surface area (Å²) in [6, 6.07) is 37.7. The largest absolute Gasteiger partial charge is 0.497 e. The molecule has 0 amide bonds. The van der Waals surface area contributed by atoms with Crippen LogP contribution < -0.4 is 42.6 Å². The Kier molecular flexibility index (Phi) is 14.0. The first-order valence-corrected chi connectivity index (χ1v) is 19.2. The minimum atomic E-state index is -0.0613. The molecule has 0 saturated carbocycles. The lowest BCUT2D eigenvalue weighted by Crippen LogP contribution is -2.01. The van der Waals surface area contributed by atoms with Crippen LogP contribution in [-0.2, 0) is 0 Å². The Hall–Kier alpha value is -8.46. The van der Waals surface area contributed by atoms with E-state index >= 15 is 0 Å². The first-order valence-electron chi connectivity index (χ1n) is 19.2. The molecule has 15 heteroatoms. The van der Waals surface area contributed by atoms with Crippen molar-refractivity contribution in [1.29, 1.82) is 0 Å². The van der Waals surface area contributed by atoms with E-state index in [1.807, 2.05) is 72.8 Å². The minimum Gasteiger partial charge on any atom is -0.497 e. The summed E-state index contributed by atoms with van der Waals surface area (Å²) < 4.78 is 50.5. The Balaban J connectivity index is 1.09. The third kappa shape index (κ3) is 11.4. The van der Waals surface area contributed by atoms with Gasteiger partial charge >= 0.3 is 18.0 Å². The van der Waals surface area contributed by atoms with Gasteiger partial charge in [0.1, 0.15) is 68.8 Å². The summed E-state index contributed by atoms with van der Waals surface area (Å²) in [4.78, 5) is 27.0. The van der Waals surface area contributed by atoms with Crippen molar-refractivity contribution < 1.29 is 42.6 Å². The van der Waals surface area contributed by atoms with Gasteiger partial charge in [0.25, 0.3) is 0 Å². The minimum absolute atomic E-state index is 0.0613. The van der Waals surface area contributed by atoms with E-state index < -0.39 is 0 Å². The topological polar surface area (TPSA) is 159 Å². The van der Waals surface area contributed by atoms with Gasteiger partial charge in [0.15, 0.2) is 0 Å². The monoisotopic (exact) mass is 846 g/mol. The van der Waals surface area contributed by atoms with Crippen molar-refractivity contribution >= 4 is 35.7 Å². The maximum absolute atomic E-state index is 6.10. The van der Waals surface area contributed by atoms with Crippen LogP contribution in [0.4, 0.5) is 17.1 Å². The first kappa shape index (κ1) is 42.7. The van der Waals surface area contributed by atoms with Crippen molar-refractivity contribution in [2.75, 3.05) is 42.7 Å². The summed E-state index contributed by atoms with van der Waals surface area (Å²) in [7, 11) is 9.54. The molecular formula is C48H42N6O9. The van der Waals surface area contributed by atoms with Crippen molar-refractivity contribution in [3.05, 3.63) is 144 Å². The Morgan fingerprint density at radius 1 is 0.317 bits per heavy atom. The van der Waals surface area contributed by atoms with Gasteiger partial charge in [-0.05, 0) is 126 Å². The molecule has 0 bridgehead atoms. The van der Waals surface area contributed by atoms with Crippen LogP contribution in [0.2, 0.25) is 0 Å². The number of methoxy groups -OCH3 is 6. The van der Waals surface area contributed by atoms with E-state index in [9.17, 15) is 0 Å². The van der Waals surface area contributed by atoms with Crippen LogP contribution in [0.3, 0.4) is 0 Å². The molecule has 7 rings (SSSR count). The fourth-order valence-corrected chi connectivity index (χ4v) is 5.75. The number of ether oxygens (including phenoxy) is 9. The molecule has 15 nitrogen and oxygen atoms in total. The average Bonchev–Trinajstić information content (AvgIpc) is 3.33. The van der Waals surface area contributed by atoms with E-state index in [1.165, 1.54) is 0 Å². The molecule has 0 radical (unpaired) electrons. The predicted molar refractivity (Wildman–Crippen MR) is 240 cm³/mol. The molecule has 63 heavy (non-hydrogen) atoms. The molecule has 0 aliphatic carbocycles. The third-order valence-electron chi connectivity index (χ3n) is 9.06. The van der Waals surface area contributed by atoms with Gasteiger partial charge < -0.3 is 42.6 Å². The Morgan fingerprint density at radius 2 is 0.571 bits per heavy atom. The molecule has 0 aliphatic heterocycles. The van der Waals surface area contributed by atoms with Crippen LogP contribution in [-0.4, -0.2) is 76.3 Å². The van der Waals surface area contributed by atoms with Gasteiger partial charge in [-0.2, -0.15) is 0 Å². The first-order chi connectivity index (χ1) is 30.8. The van der Waals surface area contributed by atoms with Crippen molar-refractivity contribution in [1.82, 2.24) is 15.0 Å². The normalized spacial score (nSPS) is 11.1. The maximum Gasteiger partial charge on any atom is 0.331 e. The zero-order valence-corrected chi connectivity index (χ0v) is 35.2. The molecule has 1 aromatic heterocycles. The molecule has 0 N–H and O–H groups in total. The molecule has 6 aromatic carbocycles. The van der Waals surface area contributed by atoms with Gasteiger partial charge in [0.2, 0.25) is 0 Å². The van der Waals surface area contributed by atoms with Crippen molar-refractivity contribution in [2.24, 2.45) is 15.0 Å². The number of aliphatic imine (C=N–C) groups is 3. The second kappa shape index (κ2) is 20.7. The highest BCUT2D eigenvalue weighted by atomic mass is 16.5. The summed E-state index contributed by atoms with van der Waals surface area (Å²) in [6.07, 6.45) is 5.15. The zero-order valence-electron chi connectivity index (χ0n) is 35.2. The van der Waals surface area contributed by atoms with Gasteiger partial charge in [0, 0.05) is 36.8 Å². The lowest BCUT2D eigenvalue weighted by Gasteiger charge is -2.10. The van der Waals surface area contributed by atoms with Crippen LogP contribution in [0.5, 0.6) is 69.8 Å². The van der Waals surface area contributed by atoms with Gasteiger partial charge in [-0.25, -0.2) is 0 Å². The highest BCUT2D eigenvalue weighted by Crippen LogP contribution is 2.34. The van der Waals surface area contributed by atoms with E-state index in [0.717, 1.165) is 16.7 Å². The van der Waals surface area contributed by atoms with E-state index in [1.54, 1.807) is 116 Å². The highest BCUT2D eigenvalue weighted by molar-refractivity contribution is 5.84. The number of aromatic nitrogens is 3. The predicted octanol–water partition coefficient (Wildman–Crippen LogP) is 10.6. The smallest absolute Gasteiger partial charge is 0.331 e. The Labute approximate surface area is 363 Å². The molecule has 1 heterocycles. The second-order valence-electron chi connectivity index (χ2n) is 13.1. The molecule has 0 unspecified atom stereocenters. The van der Waals surface area contributed by atoms with E-state index in [2.05, 4.69) is 29.9 Å². The summed E-state index contributed by atoms with van der Waals surface area (Å²) in [5.74, 6) is 5.12. The van der Waals surface area contributed by atoms with E-state index in [-0.39, 0.29) is 18.0 Å². The van der Waals surface area contributed by atoms with Gasteiger partial charge in [-0.1, -0.05) is 0 Å². The third-order valence-corrected chi connectivity index (χ3v) is 9.06. The number of hydrogen-bond acceptors (Lipinski definition) is 15. The summed E-state index contributed by atoms with van der Waals surface area (Å²) in [6.45, 7) is 0. The Bertz CT molecular complexity index is 2420. The quantitative estimate of drug-likeness (QED) is 0.0754. The fraction of sp³-hybridized carbons (Fsp3) is 0.125. The molecule has 0 saturated heterocycles. The number of hydrogen-bond donors (Lipinski definition) is 0. The lowest BCUT2D eigenvalue weighted by molar-refractivity contribution is 0.362.